The molecule has 0 saturated carbocycles. The summed E-state index contributed by atoms with van der Waals surface area (Å²) in [6.07, 6.45) is 7.98. The number of thioether (sulfide) groups is 1. The lowest BCUT2D eigenvalue weighted by atomic mass is 9.66. The molecule has 1 aromatic carbocycles. The molecule has 1 aromatic rings. The highest BCUT2D eigenvalue weighted by atomic mass is 32.2. The molecule has 3 fully saturated rings. The summed E-state index contributed by atoms with van der Waals surface area (Å²) in [7, 11) is 0. The largest absolute Gasteiger partial charge is 0.465 e. The highest BCUT2D eigenvalue weighted by Crippen LogP contribution is 2.68. The number of nitrogens with zero attached hydrogens (tertiary/aromatic N) is 2. The van der Waals surface area contributed by atoms with Gasteiger partial charge in [-0.25, -0.2) is 0 Å². The number of rotatable bonds is 15. The number of amides is 2. The average Bonchev–Trinajstić information content (AvgIpc) is 3.52. The maximum absolute atomic E-state index is 14.5. The van der Waals surface area contributed by atoms with Crippen molar-refractivity contribution in [3.05, 3.63) is 61.2 Å². The van der Waals surface area contributed by atoms with E-state index in [-0.39, 0.29) is 42.2 Å². The summed E-state index contributed by atoms with van der Waals surface area (Å²) in [5.74, 6) is -1.51. The molecule has 3 heterocycles. The van der Waals surface area contributed by atoms with Gasteiger partial charge >= 0.3 is 5.97 Å². The van der Waals surface area contributed by atoms with E-state index in [0.717, 1.165) is 37.7 Å². The van der Waals surface area contributed by atoms with E-state index in [1.165, 1.54) is 0 Å². The molecule has 0 aromatic heterocycles. The van der Waals surface area contributed by atoms with Crippen LogP contribution >= 0.6 is 11.8 Å². The average molecular weight is 555 g/mol. The van der Waals surface area contributed by atoms with Crippen molar-refractivity contribution < 1.29 is 24.2 Å². The SMILES string of the molecule is C=CCCOC(=O)[C@@H]1[C@H]2C(=O)N(CCCCCCO)C(C(=O)N(CC=C)Cc3ccccc3)C23S[C@@H]1CC3C. The van der Waals surface area contributed by atoms with E-state index in [1.807, 2.05) is 30.3 Å². The van der Waals surface area contributed by atoms with E-state index >= 15 is 0 Å². The highest BCUT2D eigenvalue weighted by Gasteiger charge is 2.76. The predicted octanol–water partition coefficient (Wildman–Crippen LogP) is 4.21. The van der Waals surface area contributed by atoms with Gasteiger partial charge in [0, 0.05) is 31.5 Å². The van der Waals surface area contributed by atoms with Gasteiger partial charge in [-0.3, -0.25) is 14.4 Å². The minimum Gasteiger partial charge on any atom is -0.465 e. The first-order valence-electron chi connectivity index (χ1n) is 14.2. The first-order chi connectivity index (χ1) is 18.9. The van der Waals surface area contributed by atoms with Crippen LogP contribution in [0.1, 0.15) is 51.0 Å². The van der Waals surface area contributed by atoms with E-state index in [4.69, 9.17) is 9.84 Å². The molecule has 1 spiro atoms. The van der Waals surface area contributed by atoms with Crippen LogP contribution in [-0.4, -0.2) is 75.0 Å². The van der Waals surface area contributed by atoms with Gasteiger partial charge in [-0.2, -0.15) is 0 Å². The van der Waals surface area contributed by atoms with Crippen molar-refractivity contribution in [1.82, 2.24) is 9.80 Å². The van der Waals surface area contributed by atoms with Crippen LogP contribution < -0.4 is 0 Å². The monoisotopic (exact) mass is 554 g/mol. The smallest absolute Gasteiger partial charge is 0.310 e. The second kappa shape index (κ2) is 13.2. The third kappa shape index (κ3) is 5.68. The summed E-state index contributed by atoms with van der Waals surface area (Å²) >= 11 is 1.68. The van der Waals surface area contributed by atoms with E-state index in [0.29, 0.717) is 26.1 Å². The van der Waals surface area contributed by atoms with E-state index in [1.54, 1.807) is 33.7 Å². The van der Waals surface area contributed by atoms with E-state index < -0.39 is 22.6 Å². The molecule has 3 saturated heterocycles. The van der Waals surface area contributed by atoms with Crippen molar-refractivity contribution in [2.45, 2.75) is 68.0 Å². The molecule has 3 aliphatic rings. The Labute approximate surface area is 236 Å². The number of hydrogen-bond acceptors (Lipinski definition) is 6. The standard InChI is InChI=1S/C31H42N2O5S/c1-4-6-19-38-30(37)25-24-20-22(3)31(39-24)26(25)28(35)33(17-12-7-8-13-18-34)27(31)29(36)32(16-5-2)21-23-14-10-9-11-15-23/h4-5,9-11,14-15,22,24-27,34H,1-2,6-8,12-13,16-21H2,3H3/t22?,24-,25+,26+,27?,31?/m1/s1. The Hall–Kier alpha value is -2.58. The van der Waals surface area contributed by atoms with Crippen LogP contribution in [0.4, 0.5) is 0 Å². The molecule has 3 unspecified atom stereocenters. The number of hydrogen-bond donors (Lipinski definition) is 1. The lowest BCUT2D eigenvalue weighted by molar-refractivity contribution is -0.154. The van der Waals surface area contributed by atoms with Gasteiger partial charge in [0.25, 0.3) is 0 Å². The summed E-state index contributed by atoms with van der Waals surface area (Å²) in [5.41, 5.74) is 1.02. The van der Waals surface area contributed by atoms with Gasteiger partial charge < -0.3 is 19.6 Å². The molecule has 2 amide bonds. The van der Waals surface area contributed by atoms with Gasteiger partial charge in [-0.15, -0.1) is 24.9 Å². The normalized spacial score (nSPS) is 28.8. The fraction of sp³-hybridized carbons (Fsp3) is 0.581. The Bertz CT molecular complexity index is 1050. The Balaban J connectivity index is 1.67. The van der Waals surface area contributed by atoms with Crippen molar-refractivity contribution in [1.29, 1.82) is 0 Å². The molecule has 212 valence electrons. The Morgan fingerprint density at radius 1 is 1.18 bits per heavy atom. The van der Waals surface area contributed by atoms with E-state index in [2.05, 4.69) is 20.1 Å². The summed E-state index contributed by atoms with van der Waals surface area (Å²) in [6.45, 7) is 11.4. The van der Waals surface area contributed by atoms with Crippen LogP contribution in [0.15, 0.2) is 55.6 Å². The summed E-state index contributed by atoms with van der Waals surface area (Å²) in [6, 6.07) is 9.21. The van der Waals surface area contributed by atoms with E-state index in [9.17, 15) is 14.4 Å². The molecule has 6 atom stereocenters. The number of carbonyl (C=O) groups excluding carboxylic acids is 3. The first-order valence-corrected chi connectivity index (χ1v) is 15.1. The number of esters is 1. The van der Waals surface area contributed by atoms with Gasteiger partial charge in [0.2, 0.25) is 11.8 Å². The van der Waals surface area contributed by atoms with Gasteiger partial charge in [-0.1, -0.05) is 62.2 Å². The Morgan fingerprint density at radius 3 is 2.62 bits per heavy atom. The fourth-order valence-corrected chi connectivity index (χ4v) is 9.16. The number of benzene rings is 1. The zero-order chi connectivity index (χ0) is 28.0. The summed E-state index contributed by atoms with van der Waals surface area (Å²) in [5, 5.41) is 9.13. The van der Waals surface area contributed by atoms with Crippen molar-refractivity contribution >= 4 is 29.5 Å². The zero-order valence-electron chi connectivity index (χ0n) is 23.0. The number of unbranched alkanes of at least 4 members (excludes halogenated alkanes) is 3. The fourth-order valence-electron chi connectivity index (χ4n) is 6.76. The van der Waals surface area contributed by atoms with Crippen LogP contribution in [0.3, 0.4) is 0 Å². The van der Waals surface area contributed by atoms with Crippen molar-refractivity contribution in [3.8, 4) is 0 Å². The molecule has 7 nitrogen and oxygen atoms in total. The van der Waals surface area contributed by atoms with Gasteiger partial charge in [0.15, 0.2) is 0 Å². The van der Waals surface area contributed by atoms with Gasteiger partial charge in [0.05, 0.1) is 23.2 Å². The van der Waals surface area contributed by atoms with Crippen LogP contribution in [0, 0.1) is 17.8 Å². The van der Waals surface area contributed by atoms with Crippen LogP contribution in [0.5, 0.6) is 0 Å². The zero-order valence-corrected chi connectivity index (χ0v) is 23.8. The van der Waals surface area contributed by atoms with Crippen LogP contribution in [-0.2, 0) is 25.7 Å². The number of aliphatic hydroxyl groups excluding tert-OH is 1. The molecular formula is C31H42N2O5S. The van der Waals surface area contributed by atoms with Crippen LogP contribution in [0.25, 0.3) is 0 Å². The molecule has 1 N–H and O–H groups in total. The Kier molecular flexibility index (Phi) is 9.94. The van der Waals surface area contributed by atoms with Gasteiger partial charge in [0.1, 0.15) is 6.04 Å². The molecule has 0 aliphatic carbocycles. The molecule has 0 radical (unpaired) electrons. The molecule has 39 heavy (non-hydrogen) atoms. The molecule has 8 heteroatoms. The maximum atomic E-state index is 14.5. The minimum absolute atomic E-state index is 0.0332. The summed E-state index contributed by atoms with van der Waals surface area (Å²) < 4.78 is 4.94. The van der Waals surface area contributed by atoms with Crippen molar-refractivity contribution in [3.63, 3.8) is 0 Å². The lowest BCUT2D eigenvalue weighted by Gasteiger charge is -2.40. The third-order valence-electron chi connectivity index (χ3n) is 8.50. The topological polar surface area (TPSA) is 87.1 Å². The number of carbonyl (C=O) groups is 3. The van der Waals surface area contributed by atoms with Gasteiger partial charge in [-0.05, 0) is 37.2 Å². The number of aliphatic hydroxyl groups is 1. The third-order valence-corrected chi connectivity index (χ3v) is 10.6. The second-order valence-corrected chi connectivity index (χ2v) is 12.5. The first kappa shape index (κ1) is 29.4. The minimum atomic E-state index is -0.665. The number of fused-ring (bicyclic) bond motifs is 1. The quantitative estimate of drug-likeness (QED) is 0.199. The number of likely N-dealkylation sites (tertiary alicyclic amines) is 1. The van der Waals surface area contributed by atoms with Crippen LogP contribution in [0.2, 0.25) is 0 Å². The van der Waals surface area contributed by atoms with Crippen molar-refractivity contribution in [2.75, 3.05) is 26.3 Å². The Morgan fingerprint density at radius 2 is 1.92 bits per heavy atom. The maximum Gasteiger partial charge on any atom is 0.310 e. The summed E-state index contributed by atoms with van der Waals surface area (Å²) in [4.78, 5) is 45.6. The number of ether oxygens (including phenoxy) is 1. The molecule has 3 aliphatic heterocycles. The highest BCUT2D eigenvalue weighted by molar-refractivity contribution is 8.02. The molecule has 4 rings (SSSR count). The lowest BCUT2D eigenvalue weighted by Crippen LogP contribution is -2.57. The van der Waals surface area contributed by atoms with Crippen molar-refractivity contribution in [2.24, 2.45) is 17.8 Å². The second-order valence-electron chi connectivity index (χ2n) is 11.0. The molecule has 2 bridgehead atoms. The molecular weight excluding hydrogens is 512 g/mol. The predicted molar refractivity (Wildman–Crippen MR) is 154 cm³/mol.